The van der Waals surface area contributed by atoms with Gasteiger partial charge in [0.1, 0.15) is 23.7 Å². The zero-order chi connectivity index (χ0) is 29.1. The van der Waals surface area contributed by atoms with E-state index in [1.54, 1.807) is 41.5 Å². The molecule has 1 aromatic carbocycles. The van der Waals surface area contributed by atoms with E-state index in [4.69, 9.17) is 4.74 Å². The lowest BCUT2D eigenvalue weighted by Crippen LogP contribution is -2.58. The summed E-state index contributed by atoms with van der Waals surface area (Å²) in [5.74, 6) is -1.95. The first kappa shape index (κ1) is 30.1. The number of rotatable bonds is 7. The third-order valence-electron chi connectivity index (χ3n) is 7.29. The van der Waals surface area contributed by atoms with Crippen LogP contribution in [0.2, 0.25) is 0 Å². The Morgan fingerprint density at radius 1 is 1.10 bits per heavy atom. The Balaban J connectivity index is 1.71. The van der Waals surface area contributed by atoms with Gasteiger partial charge in [0, 0.05) is 13.5 Å². The fourth-order valence-electron chi connectivity index (χ4n) is 4.96. The van der Waals surface area contributed by atoms with Gasteiger partial charge in [-0.15, -0.1) is 0 Å². The molecule has 1 aliphatic heterocycles. The number of carbonyl (C=O) groups excluding carboxylic acids is 5. The number of nitrogens with zero attached hydrogens (tertiary/aromatic N) is 2. The van der Waals surface area contributed by atoms with E-state index < -0.39 is 41.6 Å². The van der Waals surface area contributed by atoms with Crippen LogP contribution in [0.5, 0.6) is 0 Å². The molecule has 1 heterocycles. The third kappa shape index (κ3) is 7.36. The molecule has 3 rings (SSSR count). The number of nitrogens with one attached hydrogen (secondary N) is 2. The first-order valence-electron chi connectivity index (χ1n) is 13.7. The van der Waals surface area contributed by atoms with Crippen LogP contribution in [-0.4, -0.2) is 76.7 Å². The van der Waals surface area contributed by atoms with E-state index in [1.807, 2.05) is 18.2 Å². The predicted octanol–water partition coefficient (Wildman–Crippen LogP) is 2.75. The quantitative estimate of drug-likeness (QED) is 0.546. The van der Waals surface area contributed by atoms with Crippen molar-refractivity contribution in [2.75, 3.05) is 13.6 Å². The van der Waals surface area contributed by atoms with Crippen molar-refractivity contribution in [3.63, 3.8) is 0 Å². The minimum absolute atomic E-state index is 0.0670. The minimum Gasteiger partial charge on any atom is -0.444 e. The number of benzene rings is 1. The van der Waals surface area contributed by atoms with Gasteiger partial charge in [-0.05, 0) is 64.0 Å². The number of hydrogen-bond acceptors (Lipinski definition) is 6. The van der Waals surface area contributed by atoms with Crippen molar-refractivity contribution in [2.45, 2.75) is 97.0 Å². The summed E-state index contributed by atoms with van der Waals surface area (Å²) in [5.41, 5.74) is 1.53. The SMILES string of the molecule is CC(C)C(NC(=O)C(C)N(C)C(=O)OC(C)(C)C)C(=O)N1CC(=O)CC1C(=O)NC1CCCc2ccccc21. The van der Waals surface area contributed by atoms with Crippen LogP contribution >= 0.6 is 0 Å². The van der Waals surface area contributed by atoms with Crippen LogP contribution in [0, 0.1) is 5.92 Å². The molecule has 0 spiro atoms. The molecule has 2 N–H and O–H groups in total. The maximum Gasteiger partial charge on any atom is 0.410 e. The second-order valence-corrected chi connectivity index (χ2v) is 11.9. The molecule has 2 aliphatic rings. The van der Waals surface area contributed by atoms with Crippen molar-refractivity contribution in [3.8, 4) is 0 Å². The van der Waals surface area contributed by atoms with E-state index in [9.17, 15) is 24.0 Å². The standard InChI is InChI=1S/C29H42N4O6/c1-17(2)24(31-25(35)18(3)32(7)28(38)39-29(4,5)6)27(37)33-16-20(34)15-23(33)26(36)30-22-14-10-12-19-11-8-9-13-21(19)22/h8-9,11,13,17-18,22-24H,10,12,14-16H2,1-7H3,(H,30,36)(H,31,35). The van der Waals surface area contributed by atoms with Gasteiger partial charge in [0.05, 0.1) is 12.6 Å². The van der Waals surface area contributed by atoms with E-state index in [0.29, 0.717) is 0 Å². The third-order valence-corrected chi connectivity index (χ3v) is 7.29. The maximum absolute atomic E-state index is 13.7. The average molecular weight is 543 g/mol. The van der Waals surface area contributed by atoms with Gasteiger partial charge >= 0.3 is 6.09 Å². The van der Waals surface area contributed by atoms with Crippen molar-refractivity contribution in [3.05, 3.63) is 35.4 Å². The molecule has 0 aromatic heterocycles. The van der Waals surface area contributed by atoms with Gasteiger partial charge in [0.25, 0.3) is 0 Å². The number of carbonyl (C=O) groups is 5. The monoisotopic (exact) mass is 542 g/mol. The summed E-state index contributed by atoms with van der Waals surface area (Å²) in [6.45, 7) is 10.1. The summed E-state index contributed by atoms with van der Waals surface area (Å²) < 4.78 is 5.34. The first-order chi connectivity index (χ1) is 18.2. The number of ether oxygens (including phenoxy) is 1. The first-order valence-corrected chi connectivity index (χ1v) is 13.7. The Morgan fingerprint density at radius 2 is 1.77 bits per heavy atom. The largest absolute Gasteiger partial charge is 0.444 e. The molecule has 0 saturated carbocycles. The van der Waals surface area contributed by atoms with Crippen LogP contribution in [0.4, 0.5) is 4.79 Å². The molecule has 4 unspecified atom stereocenters. The van der Waals surface area contributed by atoms with Gasteiger partial charge in [-0.3, -0.25) is 24.1 Å². The molecule has 1 saturated heterocycles. The van der Waals surface area contributed by atoms with Crippen LogP contribution in [0.15, 0.2) is 24.3 Å². The molecule has 214 valence electrons. The molecule has 0 radical (unpaired) electrons. The normalized spacial score (nSPS) is 20.6. The van der Waals surface area contributed by atoms with E-state index in [2.05, 4.69) is 16.7 Å². The second-order valence-electron chi connectivity index (χ2n) is 11.9. The summed E-state index contributed by atoms with van der Waals surface area (Å²) in [7, 11) is 1.45. The van der Waals surface area contributed by atoms with Crippen LogP contribution in [-0.2, 0) is 30.3 Å². The summed E-state index contributed by atoms with van der Waals surface area (Å²) in [5, 5.41) is 5.80. The van der Waals surface area contributed by atoms with Crippen molar-refractivity contribution < 1.29 is 28.7 Å². The van der Waals surface area contributed by atoms with Crippen molar-refractivity contribution in [2.24, 2.45) is 5.92 Å². The van der Waals surface area contributed by atoms with Gasteiger partial charge in [0.2, 0.25) is 17.7 Å². The highest BCUT2D eigenvalue weighted by Crippen LogP contribution is 2.30. The smallest absolute Gasteiger partial charge is 0.410 e. The number of likely N-dealkylation sites (N-methyl/N-ethyl adjacent to an activating group) is 1. The average Bonchev–Trinajstić information content (AvgIpc) is 3.26. The van der Waals surface area contributed by atoms with E-state index >= 15 is 0 Å². The van der Waals surface area contributed by atoms with Gasteiger partial charge in [-0.2, -0.15) is 0 Å². The fraction of sp³-hybridized carbons (Fsp3) is 0.621. The molecule has 4 atom stereocenters. The number of hydrogen-bond donors (Lipinski definition) is 2. The lowest BCUT2D eigenvalue weighted by Gasteiger charge is -2.33. The van der Waals surface area contributed by atoms with Crippen LogP contribution in [0.1, 0.15) is 78.0 Å². The Morgan fingerprint density at radius 3 is 2.41 bits per heavy atom. The number of fused-ring (bicyclic) bond motifs is 1. The highest BCUT2D eigenvalue weighted by molar-refractivity contribution is 6.01. The zero-order valence-corrected chi connectivity index (χ0v) is 24.1. The van der Waals surface area contributed by atoms with Crippen molar-refractivity contribution in [1.82, 2.24) is 20.4 Å². The Bertz CT molecular complexity index is 1110. The zero-order valence-electron chi connectivity index (χ0n) is 24.1. The van der Waals surface area contributed by atoms with Crippen molar-refractivity contribution in [1.29, 1.82) is 0 Å². The van der Waals surface area contributed by atoms with Gasteiger partial charge < -0.3 is 20.3 Å². The Kier molecular flexibility index (Phi) is 9.40. The lowest BCUT2D eigenvalue weighted by molar-refractivity contribution is -0.143. The van der Waals surface area contributed by atoms with E-state index in [-0.39, 0.29) is 36.6 Å². The molecular weight excluding hydrogens is 500 g/mol. The Labute approximate surface area is 230 Å². The molecule has 1 aromatic rings. The molecule has 10 nitrogen and oxygen atoms in total. The maximum atomic E-state index is 13.7. The molecule has 0 bridgehead atoms. The molecule has 4 amide bonds. The molecular formula is C29H42N4O6. The van der Waals surface area contributed by atoms with Crippen LogP contribution in [0.3, 0.4) is 0 Å². The molecule has 1 fully saturated rings. The number of aryl methyl sites for hydroxylation is 1. The molecule has 10 heteroatoms. The van der Waals surface area contributed by atoms with Gasteiger partial charge in [-0.1, -0.05) is 38.1 Å². The van der Waals surface area contributed by atoms with Gasteiger partial charge in [0.15, 0.2) is 5.78 Å². The number of Topliss-reactive ketones (excluding diaryl/α,β-unsaturated/α-hetero) is 1. The number of amides is 4. The minimum atomic E-state index is -0.983. The van der Waals surface area contributed by atoms with Crippen molar-refractivity contribution >= 4 is 29.6 Å². The van der Waals surface area contributed by atoms with Crippen LogP contribution in [0.25, 0.3) is 0 Å². The van der Waals surface area contributed by atoms with E-state index in [0.717, 1.165) is 24.8 Å². The van der Waals surface area contributed by atoms with Gasteiger partial charge in [-0.25, -0.2) is 4.79 Å². The lowest BCUT2D eigenvalue weighted by atomic mass is 9.87. The summed E-state index contributed by atoms with van der Waals surface area (Å²) in [6, 6.07) is 4.95. The van der Waals surface area contributed by atoms with E-state index in [1.165, 1.54) is 22.4 Å². The number of likely N-dealkylation sites (tertiary alicyclic amines) is 1. The Hall–Kier alpha value is -3.43. The molecule has 1 aliphatic carbocycles. The molecule has 39 heavy (non-hydrogen) atoms. The summed E-state index contributed by atoms with van der Waals surface area (Å²) >= 11 is 0. The van der Waals surface area contributed by atoms with Crippen LogP contribution < -0.4 is 10.6 Å². The number of ketones is 1. The second kappa shape index (κ2) is 12.2. The predicted molar refractivity (Wildman–Crippen MR) is 146 cm³/mol. The summed E-state index contributed by atoms with van der Waals surface area (Å²) in [4.78, 5) is 67.4. The highest BCUT2D eigenvalue weighted by Gasteiger charge is 2.43. The highest BCUT2D eigenvalue weighted by atomic mass is 16.6. The fourth-order valence-corrected chi connectivity index (χ4v) is 4.96. The topological polar surface area (TPSA) is 125 Å². The summed E-state index contributed by atoms with van der Waals surface area (Å²) in [6.07, 6.45) is 1.94.